The summed E-state index contributed by atoms with van der Waals surface area (Å²) in [5, 5.41) is 11.5. The van der Waals surface area contributed by atoms with Crippen molar-refractivity contribution in [2.24, 2.45) is 0 Å². The molecule has 0 saturated carbocycles. The summed E-state index contributed by atoms with van der Waals surface area (Å²) < 4.78 is 16.3. The molecular weight excluding hydrogens is 494 g/mol. The number of ether oxygens (including phenoxy) is 3. The first kappa shape index (κ1) is 27.8. The monoisotopic (exact) mass is 529 g/mol. The van der Waals surface area contributed by atoms with Crippen LogP contribution >= 0.6 is 0 Å². The maximum absolute atomic E-state index is 13.5. The molecule has 7 nitrogen and oxygen atoms in total. The van der Waals surface area contributed by atoms with Gasteiger partial charge in [0.1, 0.15) is 11.5 Å². The van der Waals surface area contributed by atoms with Gasteiger partial charge >= 0.3 is 0 Å². The normalized spacial score (nSPS) is 16.9. The highest BCUT2D eigenvalue weighted by Crippen LogP contribution is 2.42. The van der Waals surface area contributed by atoms with Crippen LogP contribution in [0.5, 0.6) is 17.2 Å². The lowest BCUT2D eigenvalue weighted by atomic mass is 9.85. The molecular formula is C32H35NO6. The molecule has 7 heteroatoms. The average Bonchev–Trinajstić information content (AvgIpc) is 3.17. The van der Waals surface area contributed by atoms with Gasteiger partial charge in [0.15, 0.2) is 11.5 Å². The van der Waals surface area contributed by atoms with Gasteiger partial charge in [0.25, 0.3) is 11.7 Å². The topological polar surface area (TPSA) is 85.3 Å². The van der Waals surface area contributed by atoms with E-state index in [-0.39, 0.29) is 23.3 Å². The number of ketones is 1. The number of amides is 1. The maximum Gasteiger partial charge on any atom is 0.295 e. The second-order valence-electron chi connectivity index (χ2n) is 10.4. The Bertz CT molecular complexity index is 1400. The van der Waals surface area contributed by atoms with E-state index < -0.39 is 17.7 Å². The smallest absolute Gasteiger partial charge is 0.295 e. The van der Waals surface area contributed by atoms with Crippen LogP contribution in [-0.2, 0) is 21.5 Å². The number of hydrogen-bond acceptors (Lipinski definition) is 6. The molecule has 204 valence electrons. The zero-order valence-electron chi connectivity index (χ0n) is 23.3. The summed E-state index contributed by atoms with van der Waals surface area (Å²) in [6, 6.07) is 19.4. The van der Waals surface area contributed by atoms with Crippen molar-refractivity contribution in [3.8, 4) is 17.2 Å². The van der Waals surface area contributed by atoms with Crippen molar-refractivity contribution in [2.45, 2.75) is 45.7 Å². The third-order valence-electron chi connectivity index (χ3n) is 6.85. The summed E-state index contributed by atoms with van der Waals surface area (Å²) in [6.45, 7) is 8.95. The van der Waals surface area contributed by atoms with Gasteiger partial charge in [0.2, 0.25) is 0 Å². The first-order valence-corrected chi connectivity index (χ1v) is 12.9. The Labute approximate surface area is 229 Å². The molecule has 1 fully saturated rings. The van der Waals surface area contributed by atoms with E-state index in [0.717, 1.165) is 16.7 Å². The summed E-state index contributed by atoms with van der Waals surface area (Å²) in [5.41, 5.74) is 2.96. The van der Waals surface area contributed by atoms with Crippen LogP contribution in [0.2, 0.25) is 0 Å². The Morgan fingerprint density at radius 2 is 1.62 bits per heavy atom. The molecule has 4 rings (SSSR count). The van der Waals surface area contributed by atoms with Crippen LogP contribution in [-0.4, -0.2) is 42.5 Å². The van der Waals surface area contributed by atoms with E-state index in [9.17, 15) is 14.7 Å². The zero-order chi connectivity index (χ0) is 28.3. The molecule has 0 bridgehead atoms. The van der Waals surface area contributed by atoms with Crippen LogP contribution in [0.3, 0.4) is 0 Å². The van der Waals surface area contributed by atoms with Gasteiger partial charge in [-0.3, -0.25) is 9.59 Å². The molecule has 1 aliphatic rings. The third-order valence-corrected chi connectivity index (χ3v) is 6.85. The maximum atomic E-state index is 13.5. The summed E-state index contributed by atoms with van der Waals surface area (Å²) in [5.74, 6) is -0.128. The molecule has 39 heavy (non-hydrogen) atoms. The van der Waals surface area contributed by atoms with E-state index in [0.29, 0.717) is 29.4 Å². The van der Waals surface area contributed by atoms with E-state index in [2.05, 4.69) is 20.8 Å². The first-order valence-electron chi connectivity index (χ1n) is 12.9. The molecule has 3 aromatic carbocycles. The quantitative estimate of drug-likeness (QED) is 0.218. The van der Waals surface area contributed by atoms with Crippen molar-refractivity contribution in [3.63, 3.8) is 0 Å². The number of rotatable bonds is 8. The number of hydrogen-bond donors (Lipinski definition) is 1. The van der Waals surface area contributed by atoms with Crippen LogP contribution in [0.4, 0.5) is 0 Å². The van der Waals surface area contributed by atoms with Crippen molar-refractivity contribution in [3.05, 3.63) is 94.6 Å². The van der Waals surface area contributed by atoms with E-state index >= 15 is 0 Å². The van der Waals surface area contributed by atoms with Crippen molar-refractivity contribution >= 4 is 17.4 Å². The summed E-state index contributed by atoms with van der Waals surface area (Å²) in [7, 11) is 3.01. The fourth-order valence-electron chi connectivity index (χ4n) is 4.79. The molecule has 0 spiro atoms. The lowest BCUT2D eigenvalue weighted by Gasteiger charge is -2.27. The van der Waals surface area contributed by atoms with Gasteiger partial charge in [0.05, 0.1) is 32.4 Å². The van der Waals surface area contributed by atoms with Gasteiger partial charge in [-0.05, 0) is 59.4 Å². The van der Waals surface area contributed by atoms with Crippen molar-refractivity contribution in [1.82, 2.24) is 4.90 Å². The van der Waals surface area contributed by atoms with E-state index in [1.54, 1.807) is 18.2 Å². The Morgan fingerprint density at radius 1 is 0.923 bits per heavy atom. The second kappa shape index (κ2) is 11.2. The molecule has 1 amide bonds. The number of methoxy groups -OCH3 is 2. The number of likely N-dealkylation sites (tertiary alicyclic amines) is 1. The molecule has 1 saturated heterocycles. The summed E-state index contributed by atoms with van der Waals surface area (Å²) in [4.78, 5) is 28.4. The van der Waals surface area contributed by atoms with Crippen molar-refractivity contribution < 1.29 is 28.9 Å². The lowest BCUT2D eigenvalue weighted by molar-refractivity contribution is -0.140. The fraction of sp³-hybridized carbons (Fsp3) is 0.312. The Hall–Kier alpha value is -4.26. The minimum Gasteiger partial charge on any atom is -0.507 e. The number of carbonyl (C=O) groups is 2. The first-order chi connectivity index (χ1) is 18.6. The van der Waals surface area contributed by atoms with Crippen molar-refractivity contribution in [2.75, 3.05) is 20.8 Å². The van der Waals surface area contributed by atoms with Gasteiger partial charge in [-0.15, -0.1) is 0 Å². The largest absolute Gasteiger partial charge is 0.507 e. The van der Waals surface area contributed by atoms with E-state index in [4.69, 9.17) is 14.2 Å². The van der Waals surface area contributed by atoms with E-state index in [1.807, 2.05) is 55.5 Å². The predicted molar refractivity (Wildman–Crippen MR) is 150 cm³/mol. The minimum atomic E-state index is -0.789. The molecule has 1 aliphatic heterocycles. The molecule has 1 unspecified atom stereocenters. The number of aliphatic hydroxyl groups excluding tert-OH is 1. The predicted octanol–water partition coefficient (Wildman–Crippen LogP) is 6.02. The van der Waals surface area contributed by atoms with Crippen LogP contribution in [0.1, 0.15) is 56.0 Å². The third kappa shape index (κ3) is 5.62. The van der Waals surface area contributed by atoms with Gasteiger partial charge in [-0.2, -0.15) is 0 Å². The minimum absolute atomic E-state index is 0.0247. The second-order valence-corrected chi connectivity index (χ2v) is 10.4. The summed E-state index contributed by atoms with van der Waals surface area (Å²) >= 11 is 0. The molecule has 0 radical (unpaired) electrons. The number of Topliss-reactive ketones (excluding diaryl/α,β-unsaturated/α-hetero) is 1. The number of nitrogens with zero attached hydrogens (tertiary/aromatic N) is 1. The standard InChI is InChI=1S/C32H35NO6/c1-7-39-24-10-8-9-20(17-24)19-33-28(21-11-14-23(15-12-21)32(2,3)4)27(30(35)31(33)36)29(34)22-13-16-25(37-5)26(18-22)38-6/h8-18,28,34H,7,19H2,1-6H3/b29-27-. The zero-order valence-corrected chi connectivity index (χ0v) is 23.3. The molecule has 0 aromatic heterocycles. The highest BCUT2D eigenvalue weighted by Gasteiger charge is 2.46. The van der Waals surface area contributed by atoms with Gasteiger partial charge in [-0.1, -0.05) is 57.2 Å². The lowest BCUT2D eigenvalue weighted by Crippen LogP contribution is -2.29. The Kier molecular flexibility index (Phi) is 8.00. The fourth-order valence-corrected chi connectivity index (χ4v) is 4.79. The van der Waals surface area contributed by atoms with Crippen LogP contribution < -0.4 is 14.2 Å². The Balaban J connectivity index is 1.85. The van der Waals surface area contributed by atoms with Crippen LogP contribution in [0.15, 0.2) is 72.3 Å². The molecule has 3 aromatic rings. The molecule has 1 heterocycles. The highest BCUT2D eigenvalue weighted by molar-refractivity contribution is 6.46. The van der Waals surface area contributed by atoms with Gasteiger partial charge in [0, 0.05) is 12.1 Å². The molecule has 1 atom stereocenters. The highest BCUT2D eigenvalue weighted by atomic mass is 16.5. The molecule has 1 N–H and O–H groups in total. The van der Waals surface area contributed by atoms with Gasteiger partial charge < -0.3 is 24.2 Å². The van der Waals surface area contributed by atoms with Crippen LogP contribution in [0, 0.1) is 0 Å². The number of carbonyl (C=O) groups excluding carboxylic acids is 2. The van der Waals surface area contributed by atoms with Crippen molar-refractivity contribution in [1.29, 1.82) is 0 Å². The van der Waals surface area contributed by atoms with E-state index in [1.165, 1.54) is 19.1 Å². The number of benzene rings is 3. The summed E-state index contributed by atoms with van der Waals surface area (Å²) in [6.07, 6.45) is 0. The Morgan fingerprint density at radius 3 is 2.23 bits per heavy atom. The number of aliphatic hydroxyl groups is 1. The van der Waals surface area contributed by atoms with Crippen LogP contribution in [0.25, 0.3) is 5.76 Å². The average molecular weight is 530 g/mol. The SMILES string of the molecule is CCOc1cccc(CN2C(=O)C(=O)/C(=C(\O)c3ccc(OC)c(OC)c3)C2c2ccc(C(C)(C)C)cc2)c1. The van der Waals surface area contributed by atoms with Gasteiger partial charge in [-0.25, -0.2) is 0 Å². The molecule has 0 aliphatic carbocycles.